The van der Waals surface area contributed by atoms with Gasteiger partial charge in [0.25, 0.3) is 5.91 Å². The topological polar surface area (TPSA) is 81.7 Å². The second-order valence-corrected chi connectivity index (χ2v) is 5.36. The van der Waals surface area contributed by atoms with Crippen LogP contribution in [-0.2, 0) is 14.3 Å². The molecular formula is C19H19NO5. The average molecular weight is 341 g/mol. The summed E-state index contributed by atoms with van der Waals surface area (Å²) in [5, 5.41) is 2.61. The summed E-state index contributed by atoms with van der Waals surface area (Å²) in [4.78, 5) is 35.2. The highest BCUT2D eigenvalue weighted by Gasteiger charge is 2.18. The molecule has 0 aliphatic heterocycles. The number of carbonyl (C=O) groups excluding carboxylic acids is 3. The third kappa shape index (κ3) is 5.76. The Morgan fingerprint density at radius 2 is 1.76 bits per heavy atom. The summed E-state index contributed by atoms with van der Waals surface area (Å²) < 4.78 is 10.3. The van der Waals surface area contributed by atoms with Crippen LogP contribution in [0.25, 0.3) is 0 Å². The van der Waals surface area contributed by atoms with Crippen LogP contribution < -0.4 is 10.1 Å². The number of ketones is 1. The van der Waals surface area contributed by atoms with E-state index in [4.69, 9.17) is 9.47 Å². The van der Waals surface area contributed by atoms with Crippen LogP contribution in [0.1, 0.15) is 24.2 Å². The number of hydrogen-bond donors (Lipinski definition) is 1. The average Bonchev–Trinajstić information content (AvgIpc) is 2.61. The largest absolute Gasteiger partial charge is 0.482 e. The van der Waals surface area contributed by atoms with E-state index in [1.54, 1.807) is 48.5 Å². The molecule has 25 heavy (non-hydrogen) atoms. The summed E-state index contributed by atoms with van der Waals surface area (Å²) in [6, 6.07) is 15.4. The van der Waals surface area contributed by atoms with Gasteiger partial charge >= 0.3 is 5.97 Å². The van der Waals surface area contributed by atoms with E-state index in [0.29, 0.717) is 17.0 Å². The van der Waals surface area contributed by atoms with Gasteiger partial charge in [-0.3, -0.25) is 9.59 Å². The first-order chi connectivity index (χ1) is 12.0. The van der Waals surface area contributed by atoms with Crippen molar-refractivity contribution in [3.8, 4) is 5.75 Å². The molecule has 1 amide bonds. The van der Waals surface area contributed by atoms with E-state index >= 15 is 0 Å². The van der Waals surface area contributed by atoms with Crippen molar-refractivity contribution in [3.05, 3.63) is 60.2 Å². The summed E-state index contributed by atoms with van der Waals surface area (Å²) in [6.07, 6.45) is -0.993. The fraction of sp³-hybridized carbons (Fsp3) is 0.211. The molecule has 0 aliphatic carbocycles. The van der Waals surface area contributed by atoms with E-state index in [2.05, 4.69) is 5.32 Å². The first-order valence-corrected chi connectivity index (χ1v) is 7.75. The predicted octanol–water partition coefficient (Wildman–Crippen LogP) is 2.84. The van der Waals surface area contributed by atoms with Crippen molar-refractivity contribution in [1.29, 1.82) is 0 Å². The Balaban J connectivity index is 1.84. The molecule has 2 aromatic rings. The van der Waals surface area contributed by atoms with Crippen LogP contribution in [0.5, 0.6) is 5.75 Å². The summed E-state index contributed by atoms with van der Waals surface area (Å²) >= 11 is 0. The number of Topliss-reactive ketones (excluding diaryl/α,β-unsaturated/α-hetero) is 1. The number of rotatable bonds is 7. The molecule has 0 saturated heterocycles. The SMILES string of the molecule is CC(=O)c1cccc(NC(=O)[C@@H](C)OC(=O)COc2ccccc2)c1. The van der Waals surface area contributed by atoms with Crippen LogP contribution in [0.3, 0.4) is 0 Å². The molecule has 0 unspecified atom stereocenters. The second-order valence-electron chi connectivity index (χ2n) is 5.36. The Morgan fingerprint density at radius 1 is 1.04 bits per heavy atom. The van der Waals surface area contributed by atoms with Gasteiger partial charge in [0.1, 0.15) is 5.75 Å². The summed E-state index contributed by atoms with van der Waals surface area (Å²) in [6.45, 7) is 2.62. The van der Waals surface area contributed by atoms with E-state index in [9.17, 15) is 14.4 Å². The number of anilines is 1. The number of benzene rings is 2. The molecule has 0 saturated carbocycles. The molecule has 0 bridgehead atoms. The van der Waals surface area contributed by atoms with Gasteiger partial charge in [-0.05, 0) is 38.1 Å². The van der Waals surface area contributed by atoms with Crippen molar-refractivity contribution in [2.75, 3.05) is 11.9 Å². The summed E-state index contributed by atoms with van der Waals surface area (Å²) in [5.74, 6) is -0.705. The lowest BCUT2D eigenvalue weighted by Gasteiger charge is -2.14. The predicted molar refractivity (Wildman–Crippen MR) is 92.6 cm³/mol. The molecule has 0 spiro atoms. The maximum absolute atomic E-state index is 12.1. The Kier molecular flexibility index (Phi) is 6.28. The van der Waals surface area contributed by atoms with Crippen LogP contribution >= 0.6 is 0 Å². The lowest BCUT2D eigenvalue weighted by atomic mass is 10.1. The van der Waals surface area contributed by atoms with E-state index in [0.717, 1.165) is 0 Å². The van der Waals surface area contributed by atoms with Crippen molar-refractivity contribution in [2.24, 2.45) is 0 Å². The zero-order valence-electron chi connectivity index (χ0n) is 14.0. The van der Waals surface area contributed by atoms with Crippen molar-refractivity contribution in [1.82, 2.24) is 0 Å². The maximum atomic E-state index is 12.1. The highest BCUT2D eigenvalue weighted by Crippen LogP contribution is 2.12. The molecule has 0 aromatic heterocycles. The lowest BCUT2D eigenvalue weighted by molar-refractivity contribution is -0.155. The molecule has 130 valence electrons. The molecule has 2 rings (SSSR count). The Labute approximate surface area is 145 Å². The fourth-order valence-corrected chi connectivity index (χ4v) is 2.00. The number of hydrogen-bond acceptors (Lipinski definition) is 5. The lowest BCUT2D eigenvalue weighted by Crippen LogP contribution is -2.31. The first-order valence-electron chi connectivity index (χ1n) is 7.75. The highest BCUT2D eigenvalue weighted by atomic mass is 16.6. The molecule has 0 aliphatic rings. The van der Waals surface area contributed by atoms with Crippen molar-refractivity contribution in [3.63, 3.8) is 0 Å². The number of amides is 1. The normalized spacial score (nSPS) is 11.3. The first kappa shape index (κ1) is 18.2. The molecule has 6 heteroatoms. The van der Waals surface area contributed by atoms with Crippen LogP contribution in [0.4, 0.5) is 5.69 Å². The van der Waals surface area contributed by atoms with Gasteiger partial charge in [-0.2, -0.15) is 0 Å². The van der Waals surface area contributed by atoms with Gasteiger partial charge in [0, 0.05) is 11.3 Å². The van der Waals surface area contributed by atoms with Crippen LogP contribution in [0.2, 0.25) is 0 Å². The molecule has 0 radical (unpaired) electrons. The molecule has 6 nitrogen and oxygen atoms in total. The number of para-hydroxylation sites is 1. The van der Waals surface area contributed by atoms with Crippen LogP contribution in [0, 0.1) is 0 Å². The van der Waals surface area contributed by atoms with E-state index < -0.39 is 18.0 Å². The quantitative estimate of drug-likeness (QED) is 0.618. The Hall–Kier alpha value is -3.15. The molecular weight excluding hydrogens is 322 g/mol. The zero-order valence-corrected chi connectivity index (χ0v) is 14.0. The minimum atomic E-state index is -0.993. The number of ether oxygens (including phenoxy) is 2. The van der Waals surface area contributed by atoms with Crippen molar-refractivity contribution < 1.29 is 23.9 Å². The minimum absolute atomic E-state index is 0.103. The van der Waals surface area contributed by atoms with Crippen molar-refractivity contribution >= 4 is 23.3 Å². The number of nitrogens with one attached hydrogen (secondary N) is 1. The minimum Gasteiger partial charge on any atom is -0.482 e. The summed E-state index contributed by atoms with van der Waals surface area (Å²) in [5.41, 5.74) is 0.944. The monoisotopic (exact) mass is 341 g/mol. The fourth-order valence-electron chi connectivity index (χ4n) is 2.00. The van der Waals surface area contributed by atoms with Gasteiger partial charge in [-0.25, -0.2) is 4.79 Å². The van der Waals surface area contributed by atoms with Gasteiger partial charge < -0.3 is 14.8 Å². The van der Waals surface area contributed by atoms with E-state index in [1.807, 2.05) is 6.07 Å². The smallest absolute Gasteiger partial charge is 0.344 e. The molecule has 1 N–H and O–H groups in total. The zero-order chi connectivity index (χ0) is 18.2. The highest BCUT2D eigenvalue weighted by molar-refractivity contribution is 5.98. The Morgan fingerprint density at radius 3 is 2.44 bits per heavy atom. The molecule has 2 aromatic carbocycles. The second kappa shape index (κ2) is 8.63. The third-order valence-electron chi connectivity index (χ3n) is 3.31. The molecule has 0 heterocycles. The van der Waals surface area contributed by atoms with Crippen LogP contribution in [0.15, 0.2) is 54.6 Å². The van der Waals surface area contributed by atoms with Gasteiger partial charge in [0.2, 0.25) is 0 Å². The third-order valence-corrected chi connectivity index (χ3v) is 3.31. The van der Waals surface area contributed by atoms with E-state index in [-0.39, 0.29) is 12.4 Å². The van der Waals surface area contributed by atoms with E-state index in [1.165, 1.54) is 13.8 Å². The van der Waals surface area contributed by atoms with Gasteiger partial charge in [-0.15, -0.1) is 0 Å². The van der Waals surface area contributed by atoms with Crippen LogP contribution in [-0.4, -0.2) is 30.4 Å². The van der Waals surface area contributed by atoms with Crippen molar-refractivity contribution in [2.45, 2.75) is 20.0 Å². The maximum Gasteiger partial charge on any atom is 0.344 e. The standard InChI is InChI=1S/C19H19NO5/c1-13(21)15-7-6-8-16(11-15)20-19(23)14(2)25-18(22)12-24-17-9-4-3-5-10-17/h3-11,14H,12H2,1-2H3,(H,20,23)/t14-/m1/s1. The van der Waals surface area contributed by atoms with Gasteiger partial charge in [0.05, 0.1) is 0 Å². The molecule has 0 fully saturated rings. The molecule has 1 atom stereocenters. The van der Waals surface area contributed by atoms with Gasteiger partial charge in [0.15, 0.2) is 18.5 Å². The number of carbonyl (C=O) groups is 3. The summed E-state index contributed by atoms with van der Waals surface area (Å²) in [7, 11) is 0. The van der Waals surface area contributed by atoms with Gasteiger partial charge in [-0.1, -0.05) is 30.3 Å². The Bertz CT molecular complexity index is 757. The number of esters is 1.